The number of halogens is 2. The van der Waals surface area contributed by atoms with Crippen molar-refractivity contribution in [2.45, 2.75) is 32.9 Å². The van der Waals surface area contributed by atoms with Crippen LogP contribution in [0.4, 0.5) is 10.5 Å². The van der Waals surface area contributed by atoms with E-state index < -0.39 is 0 Å². The highest BCUT2D eigenvalue weighted by Gasteiger charge is 2.17. The number of hydrogen-bond donors (Lipinski definition) is 3. The Morgan fingerprint density at radius 1 is 1.10 bits per heavy atom. The first-order chi connectivity index (χ1) is 14.2. The number of hydrogen-bond acceptors (Lipinski definition) is 2. The average Bonchev–Trinajstić information content (AvgIpc) is 3.26. The molecular formula is C22H29ClIN5O. The smallest absolute Gasteiger partial charge is 0.321 e. The van der Waals surface area contributed by atoms with E-state index in [0.717, 1.165) is 60.3 Å². The number of aliphatic imine (C=N–C) groups is 1. The van der Waals surface area contributed by atoms with Crippen LogP contribution in [0.3, 0.4) is 0 Å². The van der Waals surface area contributed by atoms with Crippen LogP contribution >= 0.6 is 35.6 Å². The van der Waals surface area contributed by atoms with Crippen LogP contribution in [0.2, 0.25) is 5.02 Å². The van der Waals surface area contributed by atoms with Crippen molar-refractivity contribution >= 4 is 53.3 Å². The largest absolute Gasteiger partial charge is 0.357 e. The molecule has 2 aromatic carbocycles. The molecule has 1 heterocycles. The number of carbonyl (C=O) groups is 1. The van der Waals surface area contributed by atoms with Gasteiger partial charge >= 0.3 is 6.03 Å². The van der Waals surface area contributed by atoms with Crippen LogP contribution in [-0.4, -0.2) is 36.5 Å². The van der Waals surface area contributed by atoms with Gasteiger partial charge in [-0.3, -0.25) is 0 Å². The Morgan fingerprint density at radius 2 is 1.87 bits per heavy atom. The number of carbonyl (C=O) groups excluding carboxylic acids is 1. The summed E-state index contributed by atoms with van der Waals surface area (Å²) in [7, 11) is 0. The summed E-state index contributed by atoms with van der Waals surface area (Å²) in [6.45, 7) is 5.56. The third-order valence-electron chi connectivity index (χ3n) is 4.74. The van der Waals surface area contributed by atoms with Crippen molar-refractivity contribution in [3.8, 4) is 0 Å². The summed E-state index contributed by atoms with van der Waals surface area (Å²) in [6.07, 6.45) is 2.16. The van der Waals surface area contributed by atoms with E-state index >= 15 is 0 Å². The molecule has 3 rings (SSSR count). The molecule has 1 fully saturated rings. The second-order valence-corrected chi connectivity index (χ2v) is 7.37. The van der Waals surface area contributed by atoms with E-state index in [1.807, 2.05) is 60.4 Å². The molecule has 0 spiro atoms. The predicted octanol–water partition coefficient (Wildman–Crippen LogP) is 4.84. The third kappa shape index (κ3) is 7.36. The van der Waals surface area contributed by atoms with Crippen molar-refractivity contribution in [2.24, 2.45) is 4.99 Å². The van der Waals surface area contributed by atoms with Gasteiger partial charge in [0, 0.05) is 36.9 Å². The Balaban J connectivity index is 0.00000320. The molecule has 6 nitrogen and oxygen atoms in total. The number of anilines is 1. The molecule has 8 heteroatoms. The lowest BCUT2D eigenvalue weighted by molar-refractivity contribution is 0.222. The quantitative estimate of drug-likeness (QED) is 0.278. The van der Waals surface area contributed by atoms with Crippen LogP contribution in [0.1, 0.15) is 30.9 Å². The van der Waals surface area contributed by atoms with Crippen molar-refractivity contribution in [3.63, 3.8) is 0 Å². The molecule has 0 unspecified atom stereocenters. The summed E-state index contributed by atoms with van der Waals surface area (Å²) in [5.41, 5.74) is 2.84. The van der Waals surface area contributed by atoms with Gasteiger partial charge in [0.1, 0.15) is 0 Å². The maximum atomic E-state index is 12.3. The van der Waals surface area contributed by atoms with E-state index in [0.29, 0.717) is 13.1 Å². The lowest BCUT2D eigenvalue weighted by atomic mass is 10.2. The average molecular weight is 542 g/mol. The molecular weight excluding hydrogens is 513 g/mol. The number of urea groups is 1. The number of nitrogens with one attached hydrogen (secondary N) is 3. The molecule has 0 bridgehead atoms. The van der Waals surface area contributed by atoms with E-state index in [4.69, 9.17) is 11.6 Å². The summed E-state index contributed by atoms with van der Waals surface area (Å²) >= 11 is 6.23. The first-order valence-electron chi connectivity index (χ1n) is 10.1. The molecule has 0 aliphatic carbocycles. The van der Waals surface area contributed by atoms with Gasteiger partial charge in [-0.2, -0.15) is 0 Å². The number of likely N-dealkylation sites (tertiary alicyclic amines) is 1. The molecule has 0 saturated carbocycles. The molecule has 0 atom stereocenters. The first-order valence-corrected chi connectivity index (χ1v) is 10.4. The van der Waals surface area contributed by atoms with Crippen molar-refractivity contribution in [1.82, 2.24) is 15.5 Å². The van der Waals surface area contributed by atoms with Crippen LogP contribution in [0.15, 0.2) is 53.5 Å². The van der Waals surface area contributed by atoms with E-state index in [-0.39, 0.29) is 30.0 Å². The van der Waals surface area contributed by atoms with E-state index in [2.05, 4.69) is 20.9 Å². The van der Waals surface area contributed by atoms with Gasteiger partial charge in [-0.25, -0.2) is 9.79 Å². The van der Waals surface area contributed by atoms with Crippen LogP contribution in [0.25, 0.3) is 0 Å². The van der Waals surface area contributed by atoms with E-state index in [1.165, 1.54) is 0 Å². The summed E-state index contributed by atoms with van der Waals surface area (Å²) in [5.74, 6) is 0.721. The van der Waals surface area contributed by atoms with Gasteiger partial charge in [0.25, 0.3) is 0 Å². The fourth-order valence-corrected chi connectivity index (χ4v) is 3.41. The number of rotatable bonds is 6. The summed E-state index contributed by atoms with van der Waals surface area (Å²) in [4.78, 5) is 18.8. The lowest BCUT2D eigenvalue weighted by Crippen LogP contribution is -2.36. The van der Waals surface area contributed by atoms with Gasteiger partial charge in [-0.1, -0.05) is 41.9 Å². The predicted molar refractivity (Wildman–Crippen MR) is 135 cm³/mol. The van der Waals surface area contributed by atoms with E-state index in [9.17, 15) is 4.79 Å². The molecule has 0 aromatic heterocycles. The molecule has 1 saturated heterocycles. The summed E-state index contributed by atoms with van der Waals surface area (Å²) in [6, 6.07) is 15.5. The van der Waals surface area contributed by atoms with Gasteiger partial charge in [0.15, 0.2) is 5.96 Å². The Morgan fingerprint density at radius 3 is 2.60 bits per heavy atom. The standard InChI is InChI=1S/C22H28ClN5O.HI/c1-2-24-21(26-16-18-9-3-4-11-20(18)23)25-15-17-8-7-10-19(14-17)27-22(29)28-12-5-6-13-28;/h3-4,7-11,14H,2,5-6,12-13,15-16H2,1H3,(H,27,29)(H2,24,25,26);1H. The third-order valence-corrected chi connectivity index (χ3v) is 5.11. The maximum absolute atomic E-state index is 12.3. The zero-order valence-electron chi connectivity index (χ0n) is 17.2. The minimum Gasteiger partial charge on any atom is -0.357 e. The minimum absolute atomic E-state index is 0. The highest BCUT2D eigenvalue weighted by Crippen LogP contribution is 2.16. The molecule has 3 N–H and O–H groups in total. The molecule has 1 aliphatic heterocycles. The van der Waals surface area contributed by atoms with Crippen molar-refractivity contribution < 1.29 is 4.79 Å². The second kappa shape index (κ2) is 12.6. The van der Waals surface area contributed by atoms with Crippen molar-refractivity contribution in [3.05, 3.63) is 64.7 Å². The van der Waals surface area contributed by atoms with Gasteiger partial charge in [0.05, 0.1) is 6.54 Å². The fourth-order valence-electron chi connectivity index (χ4n) is 3.20. The Bertz CT molecular complexity index is 855. The summed E-state index contributed by atoms with van der Waals surface area (Å²) < 4.78 is 0. The minimum atomic E-state index is -0.0297. The van der Waals surface area contributed by atoms with Crippen LogP contribution in [-0.2, 0) is 13.1 Å². The van der Waals surface area contributed by atoms with Crippen LogP contribution < -0.4 is 16.0 Å². The first kappa shape index (κ1) is 24.3. The highest BCUT2D eigenvalue weighted by atomic mass is 127. The fraction of sp³-hybridized carbons (Fsp3) is 0.364. The van der Waals surface area contributed by atoms with Crippen molar-refractivity contribution in [1.29, 1.82) is 0 Å². The topological polar surface area (TPSA) is 68.8 Å². The lowest BCUT2D eigenvalue weighted by Gasteiger charge is -2.16. The van der Waals surface area contributed by atoms with Crippen molar-refractivity contribution in [2.75, 3.05) is 25.0 Å². The Labute approximate surface area is 200 Å². The van der Waals surface area contributed by atoms with E-state index in [1.54, 1.807) is 0 Å². The molecule has 30 heavy (non-hydrogen) atoms. The number of benzene rings is 2. The molecule has 2 amide bonds. The van der Waals surface area contributed by atoms with Crippen LogP contribution in [0, 0.1) is 0 Å². The SMILES string of the molecule is CCNC(=NCc1cccc(NC(=O)N2CCCC2)c1)NCc1ccccc1Cl.I. The molecule has 0 radical (unpaired) electrons. The highest BCUT2D eigenvalue weighted by molar-refractivity contribution is 14.0. The Hall–Kier alpha value is -2.00. The molecule has 2 aromatic rings. The Kier molecular flexibility index (Phi) is 10.2. The number of guanidine groups is 1. The molecule has 1 aliphatic rings. The monoisotopic (exact) mass is 541 g/mol. The van der Waals surface area contributed by atoms with Gasteiger partial charge in [-0.05, 0) is 49.1 Å². The van der Waals surface area contributed by atoms with Gasteiger partial charge < -0.3 is 20.9 Å². The maximum Gasteiger partial charge on any atom is 0.321 e. The zero-order valence-corrected chi connectivity index (χ0v) is 20.2. The zero-order chi connectivity index (χ0) is 20.5. The number of amides is 2. The summed E-state index contributed by atoms with van der Waals surface area (Å²) in [5, 5.41) is 10.3. The molecule has 162 valence electrons. The van der Waals surface area contributed by atoms with Gasteiger partial charge in [-0.15, -0.1) is 24.0 Å². The second-order valence-electron chi connectivity index (χ2n) is 6.96. The van der Waals surface area contributed by atoms with Gasteiger partial charge in [0.2, 0.25) is 0 Å². The number of nitrogens with zero attached hydrogens (tertiary/aromatic N) is 2. The normalized spacial score (nSPS) is 13.5. The van der Waals surface area contributed by atoms with Crippen LogP contribution in [0.5, 0.6) is 0 Å².